The second-order valence-electron chi connectivity index (χ2n) is 6.06. The number of methoxy groups -OCH3 is 2. The summed E-state index contributed by atoms with van der Waals surface area (Å²) in [5.41, 5.74) is 0.360. The van der Waals surface area contributed by atoms with Crippen LogP contribution < -0.4 is 14.8 Å². The fourth-order valence-electron chi connectivity index (χ4n) is 2.98. The van der Waals surface area contributed by atoms with Gasteiger partial charge in [-0.25, -0.2) is 8.42 Å². The summed E-state index contributed by atoms with van der Waals surface area (Å²) in [6.45, 7) is 1.38. The van der Waals surface area contributed by atoms with Gasteiger partial charge in [0.1, 0.15) is 4.21 Å². The average molecular weight is 411 g/mol. The minimum Gasteiger partial charge on any atom is -0.493 e. The summed E-state index contributed by atoms with van der Waals surface area (Å²) in [5.74, 6) is 0.518. The van der Waals surface area contributed by atoms with Gasteiger partial charge in [0.05, 0.1) is 26.3 Å². The van der Waals surface area contributed by atoms with Gasteiger partial charge in [-0.3, -0.25) is 4.79 Å². The Morgan fingerprint density at radius 3 is 2.56 bits per heavy atom. The summed E-state index contributed by atoms with van der Waals surface area (Å²) in [6, 6.07) is 8.41. The number of nitrogens with one attached hydrogen (secondary N) is 1. The number of hydrogen-bond acceptors (Lipinski definition) is 6. The first-order chi connectivity index (χ1) is 13.0. The fourth-order valence-corrected chi connectivity index (χ4v) is 5.94. The second-order valence-corrected chi connectivity index (χ2v) is 9.39. The molecular weight excluding hydrogens is 388 g/mol. The Bertz CT molecular complexity index is 918. The zero-order valence-electron chi connectivity index (χ0n) is 15.2. The molecule has 1 aliphatic heterocycles. The number of thiophene rings is 1. The number of amides is 1. The highest BCUT2D eigenvalue weighted by Gasteiger charge is 2.28. The lowest BCUT2D eigenvalue weighted by Gasteiger charge is -2.13. The zero-order chi connectivity index (χ0) is 19.4. The van der Waals surface area contributed by atoms with Crippen molar-refractivity contribution >= 4 is 27.3 Å². The van der Waals surface area contributed by atoms with E-state index in [9.17, 15) is 13.2 Å². The molecule has 0 unspecified atom stereocenters. The SMILES string of the molecule is COc1cccc(C(=O)NCc2ccc(S(=O)(=O)N3CCCC3)s2)c1OC. The molecule has 2 aromatic rings. The number of carbonyl (C=O) groups excluding carboxylic acids is 1. The summed E-state index contributed by atoms with van der Waals surface area (Å²) in [7, 11) is -0.443. The highest BCUT2D eigenvalue weighted by Crippen LogP contribution is 2.31. The van der Waals surface area contributed by atoms with Gasteiger partial charge in [-0.05, 0) is 37.1 Å². The van der Waals surface area contributed by atoms with Crippen molar-refractivity contribution in [1.29, 1.82) is 0 Å². The molecule has 0 aliphatic carbocycles. The van der Waals surface area contributed by atoms with Crippen molar-refractivity contribution in [3.8, 4) is 11.5 Å². The third kappa shape index (κ3) is 4.10. The molecule has 7 nitrogen and oxygen atoms in total. The molecule has 0 spiro atoms. The third-order valence-corrected chi connectivity index (χ3v) is 7.82. The van der Waals surface area contributed by atoms with E-state index in [1.807, 2.05) is 0 Å². The predicted molar refractivity (Wildman–Crippen MR) is 103 cm³/mol. The minimum atomic E-state index is -3.43. The first-order valence-corrected chi connectivity index (χ1v) is 10.8. The number of hydrogen-bond donors (Lipinski definition) is 1. The van der Waals surface area contributed by atoms with Crippen molar-refractivity contribution in [1.82, 2.24) is 9.62 Å². The van der Waals surface area contributed by atoms with Crippen LogP contribution in [0.5, 0.6) is 11.5 Å². The molecule has 1 aliphatic rings. The van der Waals surface area contributed by atoms with Crippen LogP contribution in [0.25, 0.3) is 0 Å². The van der Waals surface area contributed by atoms with Crippen LogP contribution in [-0.2, 0) is 16.6 Å². The Morgan fingerprint density at radius 1 is 1.15 bits per heavy atom. The number of para-hydroxylation sites is 1. The molecule has 27 heavy (non-hydrogen) atoms. The predicted octanol–water partition coefficient (Wildman–Crippen LogP) is 2.48. The highest BCUT2D eigenvalue weighted by atomic mass is 32.2. The first kappa shape index (κ1) is 19.7. The quantitative estimate of drug-likeness (QED) is 0.758. The number of benzene rings is 1. The van der Waals surface area contributed by atoms with E-state index in [1.54, 1.807) is 30.3 Å². The van der Waals surface area contributed by atoms with Crippen molar-refractivity contribution in [2.24, 2.45) is 0 Å². The summed E-state index contributed by atoms with van der Waals surface area (Å²) in [6.07, 6.45) is 1.80. The fraction of sp³-hybridized carbons (Fsp3) is 0.389. The topological polar surface area (TPSA) is 84.9 Å². The van der Waals surface area contributed by atoms with Gasteiger partial charge in [-0.1, -0.05) is 6.07 Å². The lowest BCUT2D eigenvalue weighted by molar-refractivity contribution is 0.0947. The molecule has 1 aromatic heterocycles. The van der Waals surface area contributed by atoms with Crippen molar-refractivity contribution in [3.63, 3.8) is 0 Å². The van der Waals surface area contributed by atoms with Crippen molar-refractivity contribution < 1.29 is 22.7 Å². The molecule has 0 saturated carbocycles. The van der Waals surface area contributed by atoms with E-state index in [1.165, 1.54) is 29.9 Å². The van der Waals surface area contributed by atoms with E-state index < -0.39 is 10.0 Å². The van der Waals surface area contributed by atoms with Gasteiger partial charge in [0.15, 0.2) is 11.5 Å². The van der Waals surface area contributed by atoms with Crippen LogP contribution >= 0.6 is 11.3 Å². The maximum atomic E-state index is 12.6. The number of rotatable bonds is 7. The van der Waals surface area contributed by atoms with Gasteiger partial charge in [0.25, 0.3) is 15.9 Å². The largest absolute Gasteiger partial charge is 0.493 e. The molecule has 9 heteroatoms. The molecule has 1 aromatic carbocycles. The molecule has 0 radical (unpaired) electrons. The molecule has 1 fully saturated rings. The maximum Gasteiger partial charge on any atom is 0.255 e. The van der Waals surface area contributed by atoms with Crippen LogP contribution in [0.3, 0.4) is 0 Å². The molecule has 146 valence electrons. The van der Waals surface area contributed by atoms with E-state index in [2.05, 4.69) is 5.32 Å². The summed E-state index contributed by atoms with van der Waals surface area (Å²) in [5, 5.41) is 2.80. The lowest BCUT2D eigenvalue weighted by Crippen LogP contribution is -2.27. The summed E-state index contributed by atoms with van der Waals surface area (Å²) in [4.78, 5) is 13.3. The van der Waals surface area contributed by atoms with E-state index >= 15 is 0 Å². The minimum absolute atomic E-state index is 0.236. The lowest BCUT2D eigenvalue weighted by atomic mass is 10.1. The van der Waals surface area contributed by atoms with Gasteiger partial charge >= 0.3 is 0 Å². The van der Waals surface area contributed by atoms with Crippen LogP contribution in [-0.4, -0.2) is 45.9 Å². The van der Waals surface area contributed by atoms with Gasteiger partial charge in [0, 0.05) is 18.0 Å². The van der Waals surface area contributed by atoms with E-state index in [-0.39, 0.29) is 12.5 Å². The van der Waals surface area contributed by atoms with Crippen LogP contribution in [0.1, 0.15) is 28.1 Å². The van der Waals surface area contributed by atoms with Gasteiger partial charge in [0.2, 0.25) is 0 Å². The Kier molecular flexibility index (Phi) is 6.03. The maximum absolute atomic E-state index is 12.6. The summed E-state index contributed by atoms with van der Waals surface area (Å²) < 4.78 is 37.5. The van der Waals surface area contributed by atoms with Gasteiger partial charge in [-0.2, -0.15) is 4.31 Å². The van der Waals surface area contributed by atoms with Crippen LogP contribution in [0.15, 0.2) is 34.5 Å². The number of ether oxygens (including phenoxy) is 2. The van der Waals surface area contributed by atoms with Crippen molar-refractivity contribution in [3.05, 3.63) is 40.8 Å². The highest BCUT2D eigenvalue weighted by molar-refractivity contribution is 7.91. The molecule has 0 bridgehead atoms. The number of carbonyl (C=O) groups is 1. The standard InChI is InChI=1S/C18H22N2O5S2/c1-24-15-7-5-6-14(17(15)25-2)18(21)19-12-13-8-9-16(26-13)27(22,23)20-10-3-4-11-20/h5-9H,3-4,10-12H2,1-2H3,(H,19,21). The zero-order valence-corrected chi connectivity index (χ0v) is 16.9. The first-order valence-electron chi connectivity index (χ1n) is 8.55. The molecule has 0 atom stereocenters. The van der Waals surface area contributed by atoms with Crippen LogP contribution in [0.2, 0.25) is 0 Å². The molecule has 1 amide bonds. The van der Waals surface area contributed by atoms with E-state index in [0.717, 1.165) is 17.7 Å². The Labute approximate surface area is 163 Å². The Balaban J connectivity index is 1.69. The van der Waals surface area contributed by atoms with E-state index in [0.29, 0.717) is 34.4 Å². The number of nitrogens with zero attached hydrogens (tertiary/aromatic N) is 1. The number of sulfonamides is 1. The molecule has 2 heterocycles. The second kappa shape index (κ2) is 8.28. The van der Waals surface area contributed by atoms with Gasteiger partial charge in [-0.15, -0.1) is 11.3 Å². The van der Waals surface area contributed by atoms with Crippen molar-refractivity contribution in [2.75, 3.05) is 27.3 Å². The summed E-state index contributed by atoms with van der Waals surface area (Å²) >= 11 is 1.18. The third-order valence-electron chi connectivity index (χ3n) is 4.37. The molecular formula is C18H22N2O5S2. The molecule has 3 rings (SSSR count). The van der Waals surface area contributed by atoms with Crippen LogP contribution in [0.4, 0.5) is 0 Å². The average Bonchev–Trinajstić information content (AvgIpc) is 3.37. The Hall–Kier alpha value is -2.10. The monoisotopic (exact) mass is 410 g/mol. The smallest absolute Gasteiger partial charge is 0.255 e. The van der Waals surface area contributed by atoms with Crippen LogP contribution in [0, 0.1) is 0 Å². The van der Waals surface area contributed by atoms with E-state index in [4.69, 9.17) is 9.47 Å². The van der Waals surface area contributed by atoms with Gasteiger partial charge < -0.3 is 14.8 Å². The molecule has 1 saturated heterocycles. The Morgan fingerprint density at radius 2 is 1.89 bits per heavy atom. The normalized spacial score (nSPS) is 14.9. The van der Waals surface area contributed by atoms with Crippen molar-refractivity contribution in [2.45, 2.75) is 23.6 Å². The molecule has 1 N–H and O–H groups in total.